The van der Waals surface area contributed by atoms with Crippen LogP contribution in [0.1, 0.15) is 39.7 Å². The van der Waals surface area contributed by atoms with E-state index >= 15 is 0 Å². The van der Waals surface area contributed by atoms with Crippen LogP contribution in [0.5, 0.6) is 0 Å². The van der Waals surface area contributed by atoms with Crippen molar-refractivity contribution in [3.63, 3.8) is 0 Å². The van der Waals surface area contributed by atoms with Crippen molar-refractivity contribution >= 4 is 33.9 Å². The van der Waals surface area contributed by atoms with E-state index in [1.165, 1.54) is 0 Å². The van der Waals surface area contributed by atoms with Gasteiger partial charge in [-0.15, -0.1) is 0 Å². The van der Waals surface area contributed by atoms with E-state index < -0.39 is 0 Å². The second kappa shape index (κ2) is 8.22. The Bertz CT molecular complexity index is 813. The van der Waals surface area contributed by atoms with Gasteiger partial charge in [0.2, 0.25) is 0 Å². The van der Waals surface area contributed by atoms with E-state index in [2.05, 4.69) is 48.5 Å². The highest BCUT2D eigenvalue weighted by atomic mass is 35.5. The Morgan fingerprint density at radius 2 is 2.04 bits per heavy atom. The van der Waals surface area contributed by atoms with Gasteiger partial charge in [-0.1, -0.05) is 44.5 Å². The van der Waals surface area contributed by atoms with Crippen LogP contribution in [0.2, 0.25) is 5.02 Å². The number of benzene rings is 1. The van der Waals surface area contributed by atoms with Gasteiger partial charge in [-0.05, 0) is 30.9 Å². The lowest BCUT2D eigenvalue weighted by atomic mass is 9.96. The summed E-state index contributed by atoms with van der Waals surface area (Å²) in [7, 11) is 0. The zero-order valence-corrected chi connectivity index (χ0v) is 16.0. The number of pyridine rings is 1. The zero-order chi connectivity index (χ0) is 18.4. The third-order valence-corrected chi connectivity index (χ3v) is 4.00. The maximum absolute atomic E-state index is 9.46. The first-order chi connectivity index (χ1) is 11.9. The molecule has 0 spiro atoms. The molecule has 0 saturated heterocycles. The fourth-order valence-electron chi connectivity index (χ4n) is 2.46. The third kappa shape index (κ3) is 5.11. The Hall–Kier alpha value is -2.25. The topological polar surface area (TPSA) is 60.7 Å². The van der Waals surface area contributed by atoms with Crippen LogP contribution in [0.25, 0.3) is 10.9 Å². The number of nitriles is 1. The molecule has 132 valence electrons. The minimum atomic E-state index is 0.0917. The average Bonchev–Trinajstić information content (AvgIpc) is 2.55. The number of rotatable bonds is 6. The predicted molar refractivity (Wildman–Crippen MR) is 107 cm³/mol. The molecule has 2 aromatic rings. The Morgan fingerprint density at radius 1 is 1.28 bits per heavy atom. The minimum absolute atomic E-state index is 0.0917. The smallest absolute Gasteiger partial charge is 0.103 e. The molecule has 4 nitrogen and oxygen atoms in total. The number of fused-ring (bicyclic) bond motifs is 1. The Morgan fingerprint density at radius 3 is 2.68 bits per heavy atom. The summed E-state index contributed by atoms with van der Waals surface area (Å²) < 4.78 is 0. The van der Waals surface area contributed by atoms with Crippen LogP contribution < -0.4 is 10.6 Å². The van der Waals surface area contributed by atoms with Crippen molar-refractivity contribution in [1.82, 2.24) is 4.98 Å². The van der Waals surface area contributed by atoms with Crippen LogP contribution in [0.15, 0.2) is 30.5 Å². The summed E-state index contributed by atoms with van der Waals surface area (Å²) in [5.41, 5.74) is 3.04. The van der Waals surface area contributed by atoms with Crippen LogP contribution in [0.4, 0.5) is 11.4 Å². The molecular weight excluding hydrogens is 332 g/mol. The normalized spacial score (nSPS) is 11.7. The SMILES string of the molecule is C/C=C\CCNc1cc(Cl)c2ncc(C#N)c(NCC(C)(C)C)c2c1. The van der Waals surface area contributed by atoms with Gasteiger partial charge in [-0.3, -0.25) is 4.98 Å². The molecule has 2 rings (SSSR count). The van der Waals surface area contributed by atoms with Crippen molar-refractivity contribution in [2.45, 2.75) is 34.1 Å². The maximum Gasteiger partial charge on any atom is 0.103 e. The quantitative estimate of drug-likeness (QED) is 0.522. The van der Waals surface area contributed by atoms with E-state index in [1.54, 1.807) is 6.20 Å². The number of hydrogen-bond acceptors (Lipinski definition) is 4. The van der Waals surface area contributed by atoms with E-state index in [-0.39, 0.29) is 5.41 Å². The van der Waals surface area contributed by atoms with Gasteiger partial charge >= 0.3 is 0 Å². The molecule has 0 unspecified atom stereocenters. The monoisotopic (exact) mass is 356 g/mol. The molecule has 0 fully saturated rings. The maximum atomic E-state index is 9.46. The Labute approximate surface area is 154 Å². The van der Waals surface area contributed by atoms with Crippen LogP contribution in [-0.2, 0) is 0 Å². The van der Waals surface area contributed by atoms with Gasteiger partial charge in [0.1, 0.15) is 6.07 Å². The molecule has 2 N–H and O–H groups in total. The summed E-state index contributed by atoms with van der Waals surface area (Å²) in [5, 5.41) is 17.7. The number of nitrogens with one attached hydrogen (secondary N) is 2. The highest BCUT2D eigenvalue weighted by Crippen LogP contribution is 2.33. The van der Waals surface area contributed by atoms with Crippen LogP contribution >= 0.6 is 11.6 Å². The number of aromatic nitrogens is 1. The minimum Gasteiger partial charge on any atom is -0.385 e. The fraction of sp³-hybridized carbons (Fsp3) is 0.400. The highest BCUT2D eigenvalue weighted by molar-refractivity contribution is 6.35. The van der Waals surface area contributed by atoms with Gasteiger partial charge in [0.25, 0.3) is 0 Å². The van der Waals surface area contributed by atoms with E-state index in [0.717, 1.165) is 36.3 Å². The van der Waals surface area contributed by atoms with Gasteiger partial charge in [0.05, 0.1) is 21.8 Å². The highest BCUT2D eigenvalue weighted by Gasteiger charge is 2.16. The number of allylic oxidation sites excluding steroid dienone is 1. The van der Waals surface area contributed by atoms with Crippen LogP contribution in [-0.4, -0.2) is 18.1 Å². The molecular formula is C20H25ClN4. The molecule has 25 heavy (non-hydrogen) atoms. The van der Waals surface area contributed by atoms with E-state index in [9.17, 15) is 5.26 Å². The number of hydrogen-bond donors (Lipinski definition) is 2. The molecule has 0 aliphatic rings. The summed E-state index contributed by atoms with van der Waals surface area (Å²) >= 11 is 6.43. The van der Waals surface area contributed by atoms with Gasteiger partial charge in [0.15, 0.2) is 0 Å². The van der Waals surface area contributed by atoms with Gasteiger partial charge in [-0.25, -0.2) is 0 Å². The zero-order valence-electron chi connectivity index (χ0n) is 15.3. The molecule has 1 aromatic carbocycles. The summed E-state index contributed by atoms with van der Waals surface area (Å²) in [6.07, 6.45) is 6.67. The second-order valence-corrected chi connectivity index (χ2v) is 7.62. The van der Waals surface area contributed by atoms with Crippen molar-refractivity contribution < 1.29 is 0 Å². The number of halogens is 1. The van der Waals surface area contributed by atoms with Gasteiger partial charge < -0.3 is 10.6 Å². The molecule has 1 heterocycles. The van der Waals surface area contributed by atoms with Gasteiger partial charge in [-0.2, -0.15) is 5.26 Å². The van der Waals surface area contributed by atoms with E-state index in [1.807, 2.05) is 25.1 Å². The second-order valence-electron chi connectivity index (χ2n) is 7.21. The van der Waals surface area contributed by atoms with E-state index in [4.69, 9.17) is 11.6 Å². The first-order valence-electron chi connectivity index (χ1n) is 8.47. The molecule has 0 atom stereocenters. The molecule has 0 saturated carbocycles. The third-order valence-electron chi connectivity index (χ3n) is 3.72. The first-order valence-corrected chi connectivity index (χ1v) is 8.85. The standard InChI is InChI=1S/C20H25ClN4/c1-5-6-7-8-23-15-9-16-18(25-13-20(2,3)4)14(11-22)12-24-19(16)17(21)10-15/h5-6,9-10,12,23H,7-8,13H2,1-4H3,(H,24,25)/b6-5-. The fourth-order valence-corrected chi connectivity index (χ4v) is 2.73. The summed E-state index contributed by atoms with van der Waals surface area (Å²) in [5.74, 6) is 0. The van der Waals surface area contributed by atoms with E-state index in [0.29, 0.717) is 16.1 Å². The van der Waals surface area contributed by atoms with Gasteiger partial charge in [0, 0.05) is 30.4 Å². The lowest BCUT2D eigenvalue weighted by Crippen LogP contribution is -2.19. The Balaban J connectivity index is 2.44. The molecule has 0 bridgehead atoms. The van der Waals surface area contributed by atoms with Crippen molar-refractivity contribution in [3.05, 3.63) is 41.1 Å². The first kappa shape index (κ1) is 19.1. The van der Waals surface area contributed by atoms with Crippen LogP contribution in [0.3, 0.4) is 0 Å². The number of nitrogens with zero attached hydrogens (tertiary/aromatic N) is 2. The lowest BCUT2D eigenvalue weighted by molar-refractivity contribution is 0.443. The summed E-state index contributed by atoms with van der Waals surface area (Å²) in [4.78, 5) is 4.37. The van der Waals surface area contributed by atoms with Crippen molar-refractivity contribution in [2.24, 2.45) is 5.41 Å². The predicted octanol–water partition coefficient (Wildman–Crippen LogP) is 5.60. The van der Waals surface area contributed by atoms with Crippen LogP contribution in [0, 0.1) is 16.7 Å². The molecule has 0 amide bonds. The van der Waals surface area contributed by atoms with Crippen molar-refractivity contribution in [1.29, 1.82) is 5.26 Å². The molecule has 0 radical (unpaired) electrons. The largest absolute Gasteiger partial charge is 0.385 e. The molecule has 0 aliphatic carbocycles. The number of anilines is 2. The Kier molecular flexibility index (Phi) is 6.27. The van der Waals surface area contributed by atoms with Crippen molar-refractivity contribution in [3.8, 4) is 6.07 Å². The summed E-state index contributed by atoms with van der Waals surface area (Å²) in [6, 6.07) is 6.12. The average molecular weight is 357 g/mol. The lowest BCUT2D eigenvalue weighted by Gasteiger charge is -2.21. The van der Waals surface area contributed by atoms with Crippen molar-refractivity contribution in [2.75, 3.05) is 23.7 Å². The molecule has 0 aliphatic heterocycles. The summed E-state index contributed by atoms with van der Waals surface area (Å²) in [6.45, 7) is 10.0. The molecule has 1 aromatic heterocycles. The molecule has 5 heteroatoms.